The normalized spacial score (nSPS) is 11.9. The van der Waals surface area contributed by atoms with Crippen molar-refractivity contribution in [3.05, 3.63) is 72.6 Å². The highest BCUT2D eigenvalue weighted by molar-refractivity contribution is 7.89. The van der Waals surface area contributed by atoms with Crippen molar-refractivity contribution < 1.29 is 13.2 Å². The average molecular weight is 356 g/mol. The number of fused-ring (bicyclic) bond motifs is 1. The zero-order chi connectivity index (χ0) is 17.7. The SMILES string of the molecule is COCCN(Cc1ccncc1)S(=O)(=O)c1ccc2ccccc2c1. The average Bonchev–Trinajstić information content (AvgIpc) is 2.65. The van der Waals surface area contributed by atoms with E-state index >= 15 is 0 Å². The number of rotatable bonds is 7. The third kappa shape index (κ3) is 4.04. The van der Waals surface area contributed by atoms with Crippen LogP contribution >= 0.6 is 0 Å². The molecule has 3 rings (SSSR count). The van der Waals surface area contributed by atoms with Gasteiger partial charge in [-0.2, -0.15) is 4.31 Å². The summed E-state index contributed by atoms with van der Waals surface area (Å²) in [4.78, 5) is 4.26. The summed E-state index contributed by atoms with van der Waals surface area (Å²) in [5, 5.41) is 1.92. The Morgan fingerprint density at radius 2 is 1.72 bits per heavy atom. The summed E-state index contributed by atoms with van der Waals surface area (Å²) in [5.41, 5.74) is 0.885. The first kappa shape index (κ1) is 17.5. The minimum absolute atomic E-state index is 0.279. The summed E-state index contributed by atoms with van der Waals surface area (Å²) < 4.78 is 32.8. The lowest BCUT2D eigenvalue weighted by atomic mass is 10.1. The molecule has 6 heteroatoms. The van der Waals surface area contributed by atoms with Gasteiger partial charge >= 0.3 is 0 Å². The number of hydrogen-bond donors (Lipinski definition) is 0. The lowest BCUT2D eigenvalue weighted by Crippen LogP contribution is -2.33. The van der Waals surface area contributed by atoms with Gasteiger partial charge in [-0.1, -0.05) is 30.3 Å². The molecular weight excluding hydrogens is 336 g/mol. The zero-order valence-corrected chi connectivity index (χ0v) is 14.8. The van der Waals surface area contributed by atoms with Crippen LogP contribution in [0.25, 0.3) is 10.8 Å². The van der Waals surface area contributed by atoms with Gasteiger partial charge in [0.05, 0.1) is 11.5 Å². The third-order valence-corrected chi connectivity index (χ3v) is 5.85. The molecule has 0 N–H and O–H groups in total. The summed E-state index contributed by atoms with van der Waals surface area (Å²) in [5.74, 6) is 0. The van der Waals surface area contributed by atoms with Gasteiger partial charge < -0.3 is 4.74 Å². The van der Waals surface area contributed by atoms with E-state index in [4.69, 9.17) is 4.74 Å². The molecule has 0 unspecified atom stereocenters. The number of nitrogens with zero attached hydrogens (tertiary/aromatic N) is 2. The summed E-state index contributed by atoms with van der Waals surface area (Å²) in [7, 11) is -2.07. The molecule has 0 aliphatic rings. The van der Waals surface area contributed by atoms with Crippen LogP contribution in [0.15, 0.2) is 71.9 Å². The van der Waals surface area contributed by atoms with Gasteiger partial charge in [-0.15, -0.1) is 0 Å². The summed E-state index contributed by atoms with van der Waals surface area (Å²) in [6, 6.07) is 16.6. The van der Waals surface area contributed by atoms with Crippen molar-refractivity contribution in [2.24, 2.45) is 0 Å². The molecular formula is C19H20N2O3S. The van der Waals surface area contributed by atoms with E-state index in [9.17, 15) is 8.42 Å². The Morgan fingerprint density at radius 3 is 2.44 bits per heavy atom. The fourth-order valence-corrected chi connectivity index (χ4v) is 4.09. The molecule has 0 bridgehead atoms. The first-order valence-electron chi connectivity index (χ1n) is 7.98. The summed E-state index contributed by atoms with van der Waals surface area (Å²) in [6.45, 7) is 0.896. The van der Waals surface area contributed by atoms with Gasteiger partial charge in [0.1, 0.15) is 0 Å². The highest BCUT2D eigenvalue weighted by Gasteiger charge is 2.24. The number of pyridine rings is 1. The van der Waals surface area contributed by atoms with Gasteiger partial charge in [-0.05, 0) is 40.6 Å². The van der Waals surface area contributed by atoms with E-state index in [1.54, 1.807) is 31.6 Å². The van der Waals surface area contributed by atoms with Crippen molar-refractivity contribution in [3.63, 3.8) is 0 Å². The van der Waals surface area contributed by atoms with E-state index in [1.807, 2.05) is 42.5 Å². The van der Waals surface area contributed by atoms with E-state index in [0.29, 0.717) is 6.61 Å². The molecule has 0 saturated heterocycles. The molecule has 5 nitrogen and oxygen atoms in total. The van der Waals surface area contributed by atoms with Gasteiger partial charge in [0.15, 0.2) is 0 Å². The van der Waals surface area contributed by atoms with Crippen LogP contribution in [-0.2, 0) is 21.3 Å². The maximum absolute atomic E-state index is 13.1. The van der Waals surface area contributed by atoms with Crippen LogP contribution in [0.4, 0.5) is 0 Å². The second-order valence-electron chi connectivity index (χ2n) is 5.70. The highest BCUT2D eigenvalue weighted by atomic mass is 32.2. The van der Waals surface area contributed by atoms with E-state index < -0.39 is 10.0 Å². The summed E-state index contributed by atoms with van der Waals surface area (Å²) >= 11 is 0. The number of aromatic nitrogens is 1. The number of methoxy groups -OCH3 is 1. The molecule has 1 heterocycles. The van der Waals surface area contributed by atoms with Crippen LogP contribution < -0.4 is 0 Å². The first-order valence-corrected chi connectivity index (χ1v) is 9.42. The highest BCUT2D eigenvalue weighted by Crippen LogP contribution is 2.23. The van der Waals surface area contributed by atoms with Crippen molar-refractivity contribution in [1.82, 2.24) is 9.29 Å². The lowest BCUT2D eigenvalue weighted by Gasteiger charge is -2.22. The minimum atomic E-state index is -3.63. The molecule has 0 atom stereocenters. The largest absolute Gasteiger partial charge is 0.383 e. The van der Waals surface area contributed by atoms with Gasteiger partial charge in [0.2, 0.25) is 10.0 Å². The maximum atomic E-state index is 13.1. The number of hydrogen-bond acceptors (Lipinski definition) is 4. The van der Waals surface area contributed by atoms with E-state index in [1.165, 1.54) is 4.31 Å². The second-order valence-corrected chi connectivity index (χ2v) is 7.63. The van der Waals surface area contributed by atoms with E-state index in [0.717, 1.165) is 16.3 Å². The Morgan fingerprint density at radius 1 is 1.00 bits per heavy atom. The Kier molecular flexibility index (Phi) is 5.43. The Labute approximate surface area is 147 Å². The van der Waals surface area contributed by atoms with Crippen LogP contribution in [-0.4, -0.2) is 38.0 Å². The number of sulfonamides is 1. The molecule has 3 aromatic rings. The number of ether oxygens (including phenoxy) is 1. The molecule has 0 aliphatic carbocycles. The van der Waals surface area contributed by atoms with Crippen molar-refractivity contribution in [1.29, 1.82) is 0 Å². The Hall–Kier alpha value is -2.28. The first-order chi connectivity index (χ1) is 12.1. The van der Waals surface area contributed by atoms with Crippen LogP contribution in [0.1, 0.15) is 5.56 Å². The lowest BCUT2D eigenvalue weighted by molar-refractivity contribution is 0.177. The third-order valence-electron chi connectivity index (χ3n) is 4.01. The Balaban J connectivity index is 1.96. The van der Waals surface area contributed by atoms with Gasteiger partial charge in [0, 0.05) is 32.6 Å². The predicted molar refractivity (Wildman–Crippen MR) is 97.7 cm³/mol. The molecule has 130 valence electrons. The monoisotopic (exact) mass is 356 g/mol. The quantitative estimate of drug-likeness (QED) is 0.653. The fourth-order valence-electron chi connectivity index (χ4n) is 2.65. The smallest absolute Gasteiger partial charge is 0.243 e. The molecule has 25 heavy (non-hydrogen) atoms. The minimum Gasteiger partial charge on any atom is -0.383 e. The Bertz CT molecular complexity index is 943. The topological polar surface area (TPSA) is 59.5 Å². The van der Waals surface area contributed by atoms with Gasteiger partial charge in [0.25, 0.3) is 0 Å². The van der Waals surface area contributed by atoms with Crippen LogP contribution in [0.2, 0.25) is 0 Å². The van der Waals surface area contributed by atoms with E-state index in [2.05, 4.69) is 4.98 Å². The summed E-state index contributed by atoms with van der Waals surface area (Å²) in [6.07, 6.45) is 3.32. The van der Waals surface area contributed by atoms with Crippen LogP contribution in [0.3, 0.4) is 0 Å². The van der Waals surface area contributed by atoms with Crippen molar-refractivity contribution in [3.8, 4) is 0 Å². The molecule has 0 amide bonds. The van der Waals surface area contributed by atoms with Gasteiger partial charge in [-0.25, -0.2) is 8.42 Å². The zero-order valence-electron chi connectivity index (χ0n) is 14.0. The maximum Gasteiger partial charge on any atom is 0.243 e. The number of benzene rings is 2. The molecule has 0 radical (unpaired) electrons. The molecule has 0 fully saturated rings. The van der Waals surface area contributed by atoms with Crippen molar-refractivity contribution in [2.45, 2.75) is 11.4 Å². The fraction of sp³-hybridized carbons (Fsp3) is 0.211. The predicted octanol–water partition coefficient (Wildman–Crippen LogP) is 3.07. The second kappa shape index (κ2) is 7.74. The molecule has 2 aromatic carbocycles. The molecule has 0 spiro atoms. The van der Waals surface area contributed by atoms with E-state index in [-0.39, 0.29) is 18.0 Å². The van der Waals surface area contributed by atoms with Crippen molar-refractivity contribution in [2.75, 3.05) is 20.3 Å². The molecule has 0 aliphatic heterocycles. The van der Waals surface area contributed by atoms with Crippen molar-refractivity contribution >= 4 is 20.8 Å². The van der Waals surface area contributed by atoms with Gasteiger partial charge in [-0.3, -0.25) is 4.98 Å². The van der Waals surface area contributed by atoms with Crippen LogP contribution in [0, 0.1) is 0 Å². The standard InChI is InChI=1S/C19H20N2O3S/c1-24-13-12-21(15-16-8-10-20-11-9-16)25(22,23)19-7-6-17-4-2-3-5-18(17)14-19/h2-11,14H,12-13,15H2,1H3. The molecule has 0 saturated carbocycles. The van der Waals surface area contributed by atoms with Crippen LogP contribution in [0.5, 0.6) is 0 Å². The molecule has 1 aromatic heterocycles.